The molecule has 0 atom stereocenters. The third-order valence-corrected chi connectivity index (χ3v) is 0. The van der Waals surface area contributed by atoms with Crippen molar-refractivity contribution in [1.82, 2.24) is 0 Å². The van der Waals surface area contributed by atoms with Gasteiger partial charge in [-0.05, 0) is 0 Å². The van der Waals surface area contributed by atoms with Gasteiger partial charge >= 0.3 is 0 Å². The molecule has 0 fully saturated rings. The summed E-state index contributed by atoms with van der Waals surface area (Å²) < 4.78 is 2.00. The summed E-state index contributed by atoms with van der Waals surface area (Å²) in [6.07, 6.45) is 0. The highest BCUT2D eigenvalue weighted by atomic mass is 35.5. The Morgan fingerprint density at radius 3 is 0.714 bits per heavy atom. The first-order valence-corrected chi connectivity index (χ1v) is 4.57. The summed E-state index contributed by atoms with van der Waals surface area (Å²) in [7, 11) is 17.0. The molecule has 0 aliphatic carbocycles. The van der Waals surface area contributed by atoms with Crippen LogP contribution in [0.15, 0.2) is 0 Å². The van der Waals surface area contributed by atoms with E-state index < -0.39 is 0 Å². The predicted molar refractivity (Wildman–Crippen MR) is 58.5 cm³/mol. The second-order valence-electron chi connectivity index (χ2n) is 5.66. The molecule has 0 spiro atoms. The van der Waals surface area contributed by atoms with Crippen LogP contribution >= 0.6 is 0 Å². The van der Waals surface area contributed by atoms with Gasteiger partial charge in [0, 0.05) is 0 Å². The molecular weight excluding hydrogens is 200 g/mol. The Morgan fingerprint density at radius 1 is 0.714 bits per heavy atom. The molecule has 0 bridgehead atoms. The Kier molecular flexibility index (Phi) is 19.1. The molecule has 0 N–H and O–H groups in total. The SMILES string of the molecule is CC[O-].C[N+](C)(C)C.C[N+](C)(C)C.[Cl-]. The summed E-state index contributed by atoms with van der Waals surface area (Å²) >= 11 is 0. The van der Waals surface area contributed by atoms with E-state index in [1.807, 2.05) is 0 Å². The van der Waals surface area contributed by atoms with Crippen LogP contribution in [0.4, 0.5) is 0 Å². The summed E-state index contributed by atoms with van der Waals surface area (Å²) in [5.41, 5.74) is 0. The second-order valence-corrected chi connectivity index (χ2v) is 5.66. The van der Waals surface area contributed by atoms with E-state index in [1.54, 1.807) is 6.92 Å². The summed E-state index contributed by atoms with van der Waals surface area (Å²) in [5, 5.41) is 8.93. The molecule has 0 unspecified atom stereocenters. The highest BCUT2D eigenvalue weighted by Gasteiger charge is 1.88. The lowest BCUT2D eigenvalue weighted by molar-refractivity contribution is -0.849. The van der Waals surface area contributed by atoms with Gasteiger partial charge in [-0.15, -0.1) is 6.61 Å². The van der Waals surface area contributed by atoms with E-state index in [1.165, 1.54) is 0 Å². The van der Waals surface area contributed by atoms with Crippen molar-refractivity contribution >= 4 is 0 Å². The molecule has 92 valence electrons. The highest BCUT2D eigenvalue weighted by Crippen LogP contribution is 1.74. The van der Waals surface area contributed by atoms with Crippen molar-refractivity contribution in [2.45, 2.75) is 6.92 Å². The van der Waals surface area contributed by atoms with Crippen molar-refractivity contribution in [2.75, 3.05) is 63.0 Å². The fourth-order valence-electron chi connectivity index (χ4n) is 0. The molecule has 0 saturated heterocycles. The molecule has 0 rings (SSSR count). The molecule has 4 heteroatoms. The molecule has 0 heterocycles. The molecule has 0 aliphatic rings. The van der Waals surface area contributed by atoms with Crippen molar-refractivity contribution in [2.24, 2.45) is 0 Å². The normalized spacial score (nSPS) is 9.86. The maximum Gasteiger partial charge on any atom is 0.0675 e. The summed E-state index contributed by atoms with van der Waals surface area (Å²) in [5.74, 6) is 0. The van der Waals surface area contributed by atoms with Gasteiger partial charge in [-0.25, -0.2) is 0 Å². The highest BCUT2D eigenvalue weighted by molar-refractivity contribution is 3.87. The first-order valence-electron chi connectivity index (χ1n) is 4.57. The summed E-state index contributed by atoms with van der Waals surface area (Å²) in [6.45, 7) is 1.57. The van der Waals surface area contributed by atoms with Crippen LogP contribution in [-0.2, 0) is 0 Å². The summed E-state index contributed by atoms with van der Waals surface area (Å²) in [6, 6.07) is 0. The van der Waals surface area contributed by atoms with Gasteiger partial charge in [-0.1, -0.05) is 6.92 Å². The van der Waals surface area contributed by atoms with Crippen molar-refractivity contribution < 1.29 is 26.5 Å². The zero-order valence-electron chi connectivity index (χ0n) is 11.4. The topological polar surface area (TPSA) is 23.1 Å². The van der Waals surface area contributed by atoms with Gasteiger partial charge in [-0.2, -0.15) is 0 Å². The van der Waals surface area contributed by atoms with E-state index in [2.05, 4.69) is 56.4 Å². The zero-order valence-corrected chi connectivity index (χ0v) is 12.1. The lowest BCUT2D eigenvalue weighted by Gasteiger charge is -2.14. The van der Waals surface area contributed by atoms with Crippen LogP contribution in [-0.4, -0.2) is 72.0 Å². The monoisotopic (exact) mass is 228 g/mol. The second kappa shape index (κ2) is 11.2. The Bertz CT molecular complexity index is 71.3. The van der Waals surface area contributed by atoms with E-state index in [0.29, 0.717) is 0 Å². The number of rotatable bonds is 0. The predicted octanol–water partition coefficient (Wildman–Crippen LogP) is -2.98. The van der Waals surface area contributed by atoms with E-state index in [0.717, 1.165) is 8.97 Å². The van der Waals surface area contributed by atoms with E-state index in [4.69, 9.17) is 5.11 Å². The molecule has 0 amide bonds. The first-order chi connectivity index (χ1) is 5.41. The fourth-order valence-corrected chi connectivity index (χ4v) is 0. The lowest BCUT2D eigenvalue weighted by atomic mass is 10.8. The van der Waals surface area contributed by atoms with E-state index in [9.17, 15) is 0 Å². The van der Waals surface area contributed by atoms with Crippen molar-refractivity contribution in [3.8, 4) is 0 Å². The number of nitrogens with zero attached hydrogens (tertiary/aromatic N) is 2. The zero-order chi connectivity index (χ0) is 11.7. The van der Waals surface area contributed by atoms with Crippen LogP contribution in [0.5, 0.6) is 0 Å². The minimum atomic E-state index is 0. The van der Waals surface area contributed by atoms with Gasteiger partial charge in [0.05, 0.1) is 56.4 Å². The Balaban J connectivity index is -0.0000000535. The van der Waals surface area contributed by atoms with Gasteiger partial charge in [-0.3, -0.25) is 0 Å². The van der Waals surface area contributed by atoms with Crippen molar-refractivity contribution in [3.05, 3.63) is 0 Å². The minimum absolute atomic E-state index is 0. The number of hydrogen-bond donors (Lipinski definition) is 0. The van der Waals surface area contributed by atoms with Crippen LogP contribution in [0.1, 0.15) is 6.92 Å². The molecule has 3 nitrogen and oxygen atoms in total. The van der Waals surface area contributed by atoms with E-state index in [-0.39, 0.29) is 19.0 Å². The Morgan fingerprint density at radius 2 is 0.714 bits per heavy atom. The molecule has 0 aromatic rings. The van der Waals surface area contributed by atoms with Crippen LogP contribution in [0, 0.1) is 0 Å². The average molecular weight is 229 g/mol. The van der Waals surface area contributed by atoms with Gasteiger partial charge in [0.15, 0.2) is 0 Å². The number of hydrogen-bond acceptors (Lipinski definition) is 1. The molecule has 0 saturated carbocycles. The first kappa shape index (κ1) is 23.8. The Labute approximate surface area is 96.9 Å². The third-order valence-electron chi connectivity index (χ3n) is 0. The standard InChI is InChI=1S/2C4H12N.C2H5O.ClH/c2*1-5(2,3)4;1-2-3;/h2*1-4H3;2H2,1H3;1H/q2*+1;-1;/p-1. The van der Waals surface area contributed by atoms with Gasteiger partial charge in [0.1, 0.15) is 0 Å². The number of halogens is 1. The van der Waals surface area contributed by atoms with Gasteiger partial charge < -0.3 is 26.5 Å². The van der Waals surface area contributed by atoms with Crippen LogP contribution in [0.3, 0.4) is 0 Å². The van der Waals surface area contributed by atoms with Gasteiger partial charge in [0.25, 0.3) is 0 Å². The fraction of sp³-hybridized carbons (Fsp3) is 1.00. The maximum absolute atomic E-state index is 8.93. The molecule has 0 radical (unpaired) electrons. The molecule has 14 heavy (non-hydrogen) atoms. The quantitative estimate of drug-likeness (QED) is 0.406. The lowest BCUT2D eigenvalue weighted by Crippen LogP contribution is -3.00. The molecule has 0 aliphatic heterocycles. The molecule has 0 aromatic carbocycles. The third kappa shape index (κ3) is 52500. The minimum Gasteiger partial charge on any atom is -1.00 e. The Hall–Kier alpha value is 0.170. The van der Waals surface area contributed by atoms with Crippen molar-refractivity contribution in [3.63, 3.8) is 0 Å². The maximum atomic E-state index is 8.93. The van der Waals surface area contributed by atoms with Crippen LogP contribution in [0.2, 0.25) is 0 Å². The average Bonchev–Trinajstić information content (AvgIpc) is 1.52. The largest absolute Gasteiger partial charge is 1.00 e. The van der Waals surface area contributed by atoms with Crippen LogP contribution in [0.25, 0.3) is 0 Å². The summed E-state index contributed by atoms with van der Waals surface area (Å²) in [4.78, 5) is 0. The smallest absolute Gasteiger partial charge is 0.0675 e. The van der Waals surface area contributed by atoms with Crippen LogP contribution < -0.4 is 17.5 Å². The van der Waals surface area contributed by atoms with E-state index >= 15 is 0 Å². The number of quaternary nitrogens is 2. The molecular formula is C10H29ClN2O. The van der Waals surface area contributed by atoms with Gasteiger partial charge in [0.2, 0.25) is 0 Å². The van der Waals surface area contributed by atoms with Crippen molar-refractivity contribution in [1.29, 1.82) is 0 Å². The molecule has 0 aromatic heterocycles.